The number of aliphatic carboxylic acids is 1. The number of carboxylic acids is 1. The van der Waals surface area contributed by atoms with E-state index in [9.17, 15) is 19.5 Å². The molecule has 0 spiro atoms. The standard InChI is InChI=1S/C18H27N3O5/c22-14-6-5-12(15(20-14)13-4-2-8-26-13)19-17(25)21-9-11-3-1-7-18(11,10-21)16(23)24/h11-13,15H,1-10H2,(H,19,25)(H,20,22)(H,23,24)/t11-,12?,13?,15?,18+/m0/s1. The number of nitrogens with one attached hydrogen (secondary N) is 2. The van der Waals surface area contributed by atoms with E-state index in [1.807, 2.05) is 0 Å². The minimum absolute atomic E-state index is 0.00321. The van der Waals surface area contributed by atoms with Crippen molar-refractivity contribution in [1.82, 2.24) is 15.5 Å². The molecular formula is C18H27N3O5. The molecule has 5 atom stereocenters. The molecule has 3 saturated heterocycles. The van der Waals surface area contributed by atoms with Gasteiger partial charge in [-0.3, -0.25) is 9.59 Å². The number of fused-ring (bicyclic) bond motifs is 1. The molecule has 1 aliphatic carbocycles. The minimum Gasteiger partial charge on any atom is -0.481 e. The molecule has 1 saturated carbocycles. The van der Waals surface area contributed by atoms with Crippen LogP contribution in [0.15, 0.2) is 0 Å². The zero-order valence-electron chi connectivity index (χ0n) is 14.9. The third-order valence-electron chi connectivity index (χ3n) is 6.70. The second kappa shape index (κ2) is 6.72. The summed E-state index contributed by atoms with van der Waals surface area (Å²) in [5.41, 5.74) is -0.772. The first-order chi connectivity index (χ1) is 12.5. The highest BCUT2D eigenvalue weighted by atomic mass is 16.5. The van der Waals surface area contributed by atoms with Gasteiger partial charge in [0.2, 0.25) is 5.91 Å². The number of likely N-dealkylation sites (tertiary alicyclic amines) is 1. The summed E-state index contributed by atoms with van der Waals surface area (Å²) in [4.78, 5) is 38.1. The smallest absolute Gasteiger partial charge is 0.317 e. The highest BCUT2D eigenvalue weighted by Gasteiger charge is 2.56. The van der Waals surface area contributed by atoms with Crippen LogP contribution in [0.3, 0.4) is 0 Å². The minimum atomic E-state index is -0.780. The Morgan fingerprint density at radius 1 is 1.27 bits per heavy atom. The highest BCUT2D eigenvalue weighted by molar-refractivity contribution is 5.81. The first-order valence-electron chi connectivity index (χ1n) is 9.69. The lowest BCUT2D eigenvalue weighted by molar-refractivity contribution is -0.149. The lowest BCUT2D eigenvalue weighted by Gasteiger charge is -2.37. The van der Waals surface area contributed by atoms with Crippen molar-refractivity contribution < 1.29 is 24.2 Å². The number of ether oxygens (including phenoxy) is 1. The van der Waals surface area contributed by atoms with Crippen molar-refractivity contribution in [2.24, 2.45) is 11.3 Å². The van der Waals surface area contributed by atoms with Gasteiger partial charge in [0, 0.05) is 26.1 Å². The number of carboxylic acid groups (broad SMARTS) is 1. The van der Waals surface area contributed by atoms with Crippen LogP contribution in [0.25, 0.3) is 0 Å². The molecule has 3 aliphatic heterocycles. The Morgan fingerprint density at radius 2 is 2.12 bits per heavy atom. The van der Waals surface area contributed by atoms with E-state index in [2.05, 4.69) is 10.6 Å². The Hall–Kier alpha value is -1.83. The molecule has 8 heteroatoms. The van der Waals surface area contributed by atoms with Gasteiger partial charge in [-0.05, 0) is 38.0 Å². The molecule has 3 heterocycles. The predicted molar refractivity (Wildman–Crippen MR) is 91.4 cm³/mol. The SMILES string of the molecule is O=C1CCC(NC(=O)N2C[C@@H]3CCC[C@@]3(C(=O)O)C2)C(C2CCCO2)N1. The molecule has 0 aromatic carbocycles. The largest absolute Gasteiger partial charge is 0.481 e. The maximum absolute atomic E-state index is 12.8. The lowest BCUT2D eigenvalue weighted by Crippen LogP contribution is -2.61. The van der Waals surface area contributed by atoms with Crippen LogP contribution in [0.2, 0.25) is 0 Å². The van der Waals surface area contributed by atoms with E-state index in [4.69, 9.17) is 4.74 Å². The Balaban J connectivity index is 1.42. The summed E-state index contributed by atoms with van der Waals surface area (Å²) < 4.78 is 5.73. The molecule has 4 aliphatic rings. The molecule has 0 bridgehead atoms. The van der Waals surface area contributed by atoms with Gasteiger partial charge < -0.3 is 25.4 Å². The number of piperidine rings is 1. The number of carbonyl (C=O) groups is 3. The molecule has 0 aromatic heterocycles. The van der Waals surface area contributed by atoms with Gasteiger partial charge >= 0.3 is 12.0 Å². The summed E-state index contributed by atoms with van der Waals surface area (Å²) in [6.45, 7) is 1.47. The van der Waals surface area contributed by atoms with Crippen LogP contribution in [0.1, 0.15) is 44.9 Å². The number of carbonyl (C=O) groups excluding carboxylic acids is 2. The van der Waals surface area contributed by atoms with E-state index in [-0.39, 0.29) is 42.6 Å². The summed E-state index contributed by atoms with van der Waals surface area (Å²) in [7, 11) is 0. The van der Waals surface area contributed by atoms with Crippen molar-refractivity contribution in [2.45, 2.75) is 63.1 Å². The number of rotatable bonds is 3. The molecule has 0 radical (unpaired) electrons. The Morgan fingerprint density at radius 3 is 2.81 bits per heavy atom. The quantitative estimate of drug-likeness (QED) is 0.683. The number of hydrogen-bond donors (Lipinski definition) is 3. The summed E-state index contributed by atoms with van der Waals surface area (Å²) in [6.07, 6.45) is 5.19. The Labute approximate surface area is 152 Å². The van der Waals surface area contributed by atoms with Crippen molar-refractivity contribution in [3.05, 3.63) is 0 Å². The fourth-order valence-corrected chi connectivity index (χ4v) is 5.27. The maximum atomic E-state index is 12.8. The van der Waals surface area contributed by atoms with E-state index in [1.54, 1.807) is 4.90 Å². The number of amides is 3. The van der Waals surface area contributed by atoms with Gasteiger partial charge in [-0.25, -0.2) is 4.79 Å². The average molecular weight is 365 g/mol. The topological polar surface area (TPSA) is 108 Å². The Bertz CT molecular complexity index is 606. The van der Waals surface area contributed by atoms with Crippen LogP contribution in [0, 0.1) is 11.3 Å². The van der Waals surface area contributed by atoms with Crippen LogP contribution in [0.4, 0.5) is 4.79 Å². The zero-order chi connectivity index (χ0) is 18.3. The molecule has 3 unspecified atom stereocenters. The molecule has 4 rings (SSSR count). The van der Waals surface area contributed by atoms with Crippen LogP contribution in [0.5, 0.6) is 0 Å². The molecule has 144 valence electrons. The molecule has 4 fully saturated rings. The van der Waals surface area contributed by atoms with Gasteiger partial charge in [0.05, 0.1) is 23.6 Å². The summed E-state index contributed by atoms with van der Waals surface area (Å²) in [5.74, 6) is -0.736. The van der Waals surface area contributed by atoms with Gasteiger partial charge in [0.15, 0.2) is 0 Å². The lowest BCUT2D eigenvalue weighted by atomic mass is 9.81. The van der Waals surface area contributed by atoms with Crippen LogP contribution in [-0.2, 0) is 14.3 Å². The molecule has 26 heavy (non-hydrogen) atoms. The summed E-state index contributed by atoms with van der Waals surface area (Å²) in [6, 6.07) is -0.605. The van der Waals surface area contributed by atoms with Crippen LogP contribution < -0.4 is 10.6 Å². The van der Waals surface area contributed by atoms with Gasteiger partial charge in [-0.15, -0.1) is 0 Å². The molecule has 0 aromatic rings. The number of hydrogen-bond acceptors (Lipinski definition) is 4. The van der Waals surface area contributed by atoms with E-state index < -0.39 is 11.4 Å². The second-order valence-electron chi connectivity index (χ2n) is 8.17. The predicted octanol–water partition coefficient (Wildman–Crippen LogP) is 0.709. The number of urea groups is 1. The van der Waals surface area contributed by atoms with Crippen LogP contribution in [-0.4, -0.2) is 65.8 Å². The van der Waals surface area contributed by atoms with Crippen molar-refractivity contribution in [3.8, 4) is 0 Å². The third kappa shape index (κ3) is 2.94. The monoisotopic (exact) mass is 365 g/mol. The van der Waals surface area contributed by atoms with Crippen molar-refractivity contribution in [1.29, 1.82) is 0 Å². The van der Waals surface area contributed by atoms with Crippen LogP contribution >= 0.6 is 0 Å². The van der Waals surface area contributed by atoms with E-state index in [0.29, 0.717) is 32.4 Å². The third-order valence-corrected chi connectivity index (χ3v) is 6.70. The van der Waals surface area contributed by atoms with Gasteiger partial charge in [-0.2, -0.15) is 0 Å². The fraction of sp³-hybridized carbons (Fsp3) is 0.833. The fourth-order valence-electron chi connectivity index (χ4n) is 5.27. The van der Waals surface area contributed by atoms with E-state index in [1.165, 1.54) is 0 Å². The van der Waals surface area contributed by atoms with Gasteiger partial charge in [-0.1, -0.05) is 6.42 Å². The summed E-state index contributed by atoms with van der Waals surface area (Å²) >= 11 is 0. The molecule has 3 amide bonds. The first-order valence-corrected chi connectivity index (χ1v) is 9.69. The zero-order valence-corrected chi connectivity index (χ0v) is 14.9. The molecular weight excluding hydrogens is 338 g/mol. The van der Waals surface area contributed by atoms with Crippen molar-refractivity contribution >= 4 is 17.9 Å². The molecule has 3 N–H and O–H groups in total. The first kappa shape index (κ1) is 17.6. The van der Waals surface area contributed by atoms with E-state index >= 15 is 0 Å². The van der Waals surface area contributed by atoms with Gasteiger partial charge in [0.1, 0.15) is 0 Å². The van der Waals surface area contributed by atoms with E-state index in [0.717, 1.165) is 25.7 Å². The Kier molecular flexibility index (Phi) is 4.54. The number of nitrogens with zero attached hydrogens (tertiary/aromatic N) is 1. The summed E-state index contributed by atoms with van der Waals surface area (Å²) in [5, 5.41) is 15.7. The van der Waals surface area contributed by atoms with Crippen molar-refractivity contribution in [3.63, 3.8) is 0 Å². The van der Waals surface area contributed by atoms with Crippen molar-refractivity contribution in [2.75, 3.05) is 19.7 Å². The average Bonchev–Trinajstić information content (AvgIpc) is 3.31. The van der Waals surface area contributed by atoms with Gasteiger partial charge in [0.25, 0.3) is 0 Å². The second-order valence-corrected chi connectivity index (χ2v) is 8.17. The molecule has 8 nitrogen and oxygen atoms in total. The maximum Gasteiger partial charge on any atom is 0.317 e. The normalized spacial score (nSPS) is 39.5. The highest BCUT2D eigenvalue weighted by Crippen LogP contribution is 2.48.